The first-order valence-electron chi connectivity index (χ1n) is 6.59. The molecule has 0 radical (unpaired) electrons. The van der Waals surface area contributed by atoms with Gasteiger partial charge in [-0.1, -0.05) is 0 Å². The average molecular weight is 318 g/mol. The summed E-state index contributed by atoms with van der Waals surface area (Å²) in [4.78, 5) is 45.4. The minimum atomic E-state index is -0.888. The van der Waals surface area contributed by atoms with Crippen molar-refractivity contribution >= 4 is 34.4 Å². The Morgan fingerprint density at radius 1 is 1.35 bits per heavy atom. The van der Waals surface area contributed by atoms with Gasteiger partial charge in [0.15, 0.2) is 0 Å². The molecular formula is C12H10N6O5. The van der Waals surface area contributed by atoms with Crippen LogP contribution in [0.15, 0.2) is 12.1 Å². The van der Waals surface area contributed by atoms with Crippen LogP contribution in [0, 0.1) is 10.1 Å². The molecule has 11 nitrogen and oxygen atoms in total. The maximum Gasteiger partial charge on any atom is 0.272 e. The zero-order valence-corrected chi connectivity index (χ0v) is 11.5. The van der Waals surface area contributed by atoms with E-state index in [2.05, 4.69) is 26.0 Å². The fourth-order valence-corrected chi connectivity index (χ4v) is 2.28. The Morgan fingerprint density at radius 3 is 2.83 bits per heavy atom. The van der Waals surface area contributed by atoms with Gasteiger partial charge < -0.3 is 5.32 Å². The molecule has 3 amide bonds. The molecule has 3 N–H and O–H groups in total. The molecule has 118 valence electrons. The SMILES string of the molecule is O=C1CCC(NC(=O)c2cc([N+](=O)[O-])cc3n[nH]nc23)C(=O)N1. The number of carbonyl (C=O) groups is 3. The Morgan fingerprint density at radius 2 is 2.13 bits per heavy atom. The number of carbonyl (C=O) groups excluding carboxylic acids is 3. The second kappa shape index (κ2) is 5.44. The van der Waals surface area contributed by atoms with E-state index in [9.17, 15) is 24.5 Å². The second-order valence-corrected chi connectivity index (χ2v) is 4.92. The Balaban J connectivity index is 1.91. The lowest BCUT2D eigenvalue weighted by molar-refractivity contribution is -0.384. The van der Waals surface area contributed by atoms with Crippen LogP contribution in [0.2, 0.25) is 0 Å². The van der Waals surface area contributed by atoms with Gasteiger partial charge in [-0.3, -0.25) is 29.8 Å². The Bertz CT molecular complexity index is 844. The molecule has 1 aromatic heterocycles. The maximum atomic E-state index is 12.3. The standard InChI is InChI=1S/C12H10N6O5/c19-9-2-1-7(12(21)14-9)13-11(20)6-3-5(18(22)23)4-8-10(6)16-17-15-8/h3-4,7H,1-2H2,(H,13,20)(H,14,19,21)(H,15,16,17). The fraction of sp³-hybridized carbons (Fsp3) is 0.250. The molecule has 1 aromatic carbocycles. The minimum Gasteiger partial charge on any atom is -0.340 e. The highest BCUT2D eigenvalue weighted by atomic mass is 16.6. The fourth-order valence-electron chi connectivity index (χ4n) is 2.28. The number of aromatic amines is 1. The first kappa shape index (κ1) is 14.6. The number of imide groups is 1. The van der Waals surface area contributed by atoms with Gasteiger partial charge in [0, 0.05) is 18.6 Å². The van der Waals surface area contributed by atoms with E-state index in [1.54, 1.807) is 0 Å². The molecule has 2 aromatic rings. The molecule has 1 aliphatic heterocycles. The summed E-state index contributed by atoms with van der Waals surface area (Å²) >= 11 is 0. The first-order chi connectivity index (χ1) is 11.0. The highest BCUT2D eigenvalue weighted by molar-refractivity contribution is 6.08. The van der Waals surface area contributed by atoms with E-state index >= 15 is 0 Å². The van der Waals surface area contributed by atoms with E-state index in [4.69, 9.17) is 0 Å². The average Bonchev–Trinajstić information content (AvgIpc) is 2.97. The molecule has 1 atom stereocenters. The molecule has 3 rings (SSSR count). The van der Waals surface area contributed by atoms with Crippen molar-refractivity contribution in [2.24, 2.45) is 0 Å². The molecule has 0 saturated carbocycles. The van der Waals surface area contributed by atoms with E-state index in [0.29, 0.717) is 0 Å². The van der Waals surface area contributed by atoms with Gasteiger partial charge in [-0.25, -0.2) is 0 Å². The topological polar surface area (TPSA) is 160 Å². The third-order valence-electron chi connectivity index (χ3n) is 3.41. The number of nitro benzene ring substituents is 1. The first-order valence-corrected chi connectivity index (χ1v) is 6.59. The Kier molecular flexibility index (Phi) is 3.44. The van der Waals surface area contributed by atoms with E-state index in [0.717, 1.165) is 6.07 Å². The van der Waals surface area contributed by atoms with Crippen LogP contribution in [0.3, 0.4) is 0 Å². The van der Waals surface area contributed by atoms with Crippen molar-refractivity contribution in [3.05, 3.63) is 27.8 Å². The monoisotopic (exact) mass is 318 g/mol. The lowest BCUT2D eigenvalue weighted by Crippen LogP contribution is -2.52. The number of H-pyrrole nitrogens is 1. The van der Waals surface area contributed by atoms with Gasteiger partial charge in [0.25, 0.3) is 11.6 Å². The summed E-state index contributed by atoms with van der Waals surface area (Å²) in [6.45, 7) is 0. The number of non-ortho nitro benzene ring substituents is 1. The van der Waals surface area contributed by atoms with Gasteiger partial charge in [0.05, 0.1) is 10.5 Å². The number of hydrogen-bond donors (Lipinski definition) is 3. The molecule has 1 aliphatic rings. The highest BCUT2D eigenvalue weighted by Crippen LogP contribution is 2.22. The number of nitro groups is 1. The molecule has 0 spiro atoms. The summed E-state index contributed by atoms with van der Waals surface area (Å²) in [6.07, 6.45) is 0.262. The number of rotatable bonds is 3. The highest BCUT2D eigenvalue weighted by Gasteiger charge is 2.29. The molecule has 11 heteroatoms. The summed E-state index contributed by atoms with van der Waals surface area (Å²) in [6, 6.07) is 1.36. The Hall–Kier alpha value is -3.37. The summed E-state index contributed by atoms with van der Waals surface area (Å²) < 4.78 is 0. The molecule has 1 unspecified atom stereocenters. The van der Waals surface area contributed by atoms with Crippen molar-refractivity contribution < 1.29 is 19.3 Å². The van der Waals surface area contributed by atoms with Gasteiger partial charge in [-0.05, 0) is 6.42 Å². The van der Waals surface area contributed by atoms with Crippen molar-refractivity contribution in [3.8, 4) is 0 Å². The van der Waals surface area contributed by atoms with Gasteiger partial charge in [0.1, 0.15) is 17.1 Å². The third kappa shape index (κ3) is 2.71. The van der Waals surface area contributed by atoms with Gasteiger partial charge >= 0.3 is 0 Å². The second-order valence-electron chi connectivity index (χ2n) is 4.92. The number of hydrogen-bond acceptors (Lipinski definition) is 7. The Labute approximate surface area is 127 Å². The van der Waals surface area contributed by atoms with Crippen LogP contribution < -0.4 is 10.6 Å². The zero-order chi connectivity index (χ0) is 16.6. The summed E-state index contributed by atoms with van der Waals surface area (Å²) in [5.74, 6) is -1.73. The molecule has 23 heavy (non-hydrogen) atoms. The zero-order valence-electron chi connectivity index (χ0n) is 11.5. The largest absolute Gasteiger partial charge is 0.340 e. The van der Waals surface area contributed by atoms with Crippen molar-refractivity contribution in [1.82, 2.24) is 26.0 Å². The van der Waals surface area contributed by atoms with Crippen molar-refractivity contribution in [1.29, 1.82) is 0 Å². The third-order valence-corrected chi connectivity index (χ3v) is 3.41. The summed E-state index contributed by atoms with van der Waals surface area (Å²) in [5, 5.41) is 25.3. The summed E-state index contributed by atoms with van der Waals surface area (Å²) in [5.41, 5.74) is -0.0829. The van der Waals surface area contributed by atoms with E-state index in [1.807, 2.05) is 0 Å². The van der Waals surface area contributed by atoms with Crippen molar-refractivity contribution in [2.45, 2.75) is 18.9 Å². The van der Waals surface area contributed by atoms with Gasteiger partial charge in [-0.2, -0.15) is 15.4 Å². The number of benzene rings is 1. The smallest absolute Gasteiger partial charge is 0.272 e. The quantitative estimate of drug-likeness (QED) is 0.387. The van der Waals surface area contributed by atoms with Gasteiger partial charge in [0.2, 0.25) is 11.8 Å². The summed E-state index contributed by atoms with van der Waals surface area (Å²) in [7, 11) is 0. The molecule has 1 saturated heterocycles. The lowest BCUT2D eigenvalue weighted by Gasteiger charge is -2.21. The molecule has 1 fully saturated rings. The van der Waals surface area contributed by atoms with Crippen LogP contribution in [0.25, 0.3) is 11.0 Å². The predicted molar refractivity (Wildman–Crippen MR) is 74.2 cm³/mol. The predicted octanol–water partition coefficient (Wildman–Crippen LogP) is -0.599. The van der Waals surface area contributed by atoms with E-state index in [-0.39, 0.29) is 35.1 Å². The van der Waals surface area contributed by atoms with Crippen LogP contribution in [0.5, 0.6) is 0 Å². The van der Waals surface area contributed by atoms with Crippen molar-refractivity contribution in [2.75, 3.05) is 0 Å². The van der Waals surface area contributed by atoms with Crippen LogP contribution in [-0.4, -0.2) is 44.1 Å². The van der Waals surface area contributed by atoms with Gasteiger partial charge in [-0.15, -0.1) is 0 Å². The molecule has 0 bridgehead atoms. The normalized spacial score (nSPS) is 17.8. The number of fused-ring (bicyclic) bond motifs is 1. The number of piperidine rings is 1. The van der Waals surface area contributed by atoms with Crippen LogP contribution in [-0.2, 0) is 9.59 Å². The van der Waals surface area contributed by atoms with E-state index in [1.165, 1.54) is 6.07 Å². The van der Waals surface area contributed by atoms with Crippen LogP contribution >= 0.6 is 0 Å². The molecule has 2 heterocycles. The van der Waals surface area contributed by atoms with Crippen LogP contribution in [0.1, 0.15) is 23.2 Å². The van der Waals surface area contributed by atoms with Crippen LogP contribution in [0.4, 0.5) is 5.69 Å². The molecule has 0 aliphatic carbocycles. The maximum absolute atomic E-state index is 12.3. The van der Waals surface area contributed by atoms with Crippen molar-refractivity contribution in [3.63, 3.8) is 0 Å². The van der Waals surface area contributed by atoms with E-state index < -0.39 is 28.7 Å². The number of nitrogens with one attached hydrogen (secondary N) is 3. The number of nitrogens with zero attached hydrogens (tertiary/aromatic N) is 3. The molecular weight excluding hydrogens is 308 g/mol. The lowest BCUT2D eigenvalue weighted by atomic mass is 10.0. The number of amides is 3. The number of aromatic nitrogens is 3. The minimum absolute atomic E-state index is 0.0762.